The van der Waals surface area contributed by atoms with Crippen molar-refractivity contribution in [3.8, 4) is 5.75 Å². The predicted molar refractivity (Wildman–Crippen MR) is 60.1 cm³/mol. The van der Waals surface area contributed by atoms with Gasteiger partial charge in [0.2, 0.25) is 0 Å². The summed E-state index contributed by atoms with van der Waals surface area (Å²) in [5, 5.41) is 10.1. The molecule has 0 saturated carbocycles. The molecule has 2 rings (SSSR count). The normalized spacial score (nSPS) is 23.7. The van der Waals surface area contributed by atoms with Gasteiger partial charge in [-0.25, -0.2) is 0 Å². The van der Waals surface area contributed by atoms with Crippen molar-refractivity contribution < 1.29 is 9.84 Å². The van der Waals surface area contributed by atoms with E-state index in [9.17, 15) is 5.11 Å². The van der Waals surface area contributed by atoms with E-state index in [0.29, 0.717) is 0 Å². The largest absolute Gasteiger partial charge is 0.487 e. The van der Waals surface area contributed by atoms with Gasteiger partial charge in [-0.1, -0.05) is 25.0 Å². The second kappa shape index (κ2) is 4.23. The fourth-order valence-electron chi connectivity index (χ4n) is 2.06. The topological polar surface area (TPSA) is 29.5 Å². The maximum absolute atomic E-state index is 10.1. The zero-order chi connectivity index (χ0) is 10.8. The zero-order valence-electron chi connectivity index (χ0n) is 9.36. The average molecular weight is 206 g/mol. The van der Waals surface area contributed by atoms with Crippen LogP contribution in [0.5, 0.6) is 5.75 Å². The average Bonchev–Trinajstić information content (AvgIpc) is 2.53. The number of hydrogen-bond donors (Lipinski definition) is 1. The van der Waals surface area contributed by atoms with Gasteiger partial charge >= 0.3 is 0 Å². The number of unbranched alkanes of at least 4 members (excludes halogenated alkanes) is 1. The van der Waals surface area contributed by atoms with Crippen LogP contribution in [-0.4, -0.2) is 11.2 Å². The highest BCUT2D eigenvalue weighted by molar-refractivity contribution is 5.42. The number of rotatable bonds is 3. The first-order valence-electron chi connectivity index (χ1n) is 5.67. The Kier molecular flexibility index (Phi) is 2.96. The molecule has 0 aliphatic carbocycles. The molecular weight excluding hydrogens is 188 g/mol. The molecule has 1 aromatic rings. The molecule has 0 radical (unpaired) electrons. The first-order valence-corrected chi connectivity index (χ1v) is 5.67. The highest BCUT2D eigenvalue weighted by atomic mass is 16.5. The minimum Gasteiger partial charge on any atom is -0.487 e. The van der Waals surface area contributed by atoms with E-state index in [4.69, 9.17) is 4.74 Å². The summed E-state index contributed by atoms with van der Waals surface area (Å²) in [6, 6.07) is 6.00. The van der Waals surface area contributed by atoms with Crippen LogP contribution in [0.25, 0.3) is 0 Å². The second-order valence-corrected chi connectivity index (χ2v) is 4.28. The van der Waals surface area contributed by atoms with Crippen LogP contribution in [0.15, 0.2) is 18.2 Å². The Balaban J connectivity index is 2.14. The van der Waals surface area contributed by atoms with Crippen molar-refractivity contribution in [2.75, 3.05) is 0 Å². The van der Waals surface area contributed by atoms with E-state index >= 15 is 0 Å². The van der Waals surface area contributed by atoms with Crippen LogP contribution in [-0.2, 0) is 0 Å². The third kappa shape index (κ3) is 2.00. The van der Waals surface area contributed by atoms with Crippen molar-refractivity contribution >= 4 is 0 Å². The van der Waals surface area contributed by atoms with Crippen molar-refractivity contribution in [3.05, 3.63) is 29.3 Å². The van der Waals surface area contributed by atoms with Crippen LogP contribution in [0.2, 0.25) is 0 Å². The Labute approximate surface area is 90.9 Å². The van der Waals surface area contributed by atoms with E-state index < -0.39 is 6.10 Å². The summed E-state index contributed by atoms with van der Waals surface area (Å²) in [7, 11) is 0. The molecule has 1 aliphatic rings. The number of benzene rings is 1. The SMILES string of the molecule is CCCCC1Oc2ccc(C)cc2C1O. The zero-order valence-corrected chi connectivity index (χ0v) is 9.36. The minimum absolute atomic E-state index is 0.0400. The van der Waals surface area contributed by atoms with Crippen LogP contribution in [0.1, 0.15) is 43.4 Å². The lowest BCUT2D eigenvalue weighted by molar-refractivity contribution is 0.0607. The Bertz CT molecular complexity index is 346. The maximum Gasteiger partial charge on any atom is 0.129 e. The lowest BCUT2D eigenvalue weighted by atomic mass is 10.0. The van der Waals surface area contributed by atoms with Gasteiger partial charge < -0.3 is 9.84 Å². The highest BCUT2D eigenvalue weighted by Crippen LogP contribution is 2.38. The molecule has 1 aliphatic heterocycles. The first kappa shape index (κ1) is 10.5. The molecule has 2 nitrogen and oxygen atoms in total. The molecule has 0 saturated heterocycles. The molecule has 0 bridgehead atoms. The van der Waals surface area contributed by atoms with Crippen LogP contribution >= 0.6 is 0 Å². The number of hydrogen-bond acceptors (Lipinski definition) is 2. The lowest BCUT2D eigenvalue weighted by Crippen LogP contribution is -2.18. The van der Waals surface area contributed by atoms with Gasteiger partial charge in [-0.05, 0) is 31.9 Å². The number of aliphatic hydroxyl groups excluding tert-OH is 1. The van der Waals surface area contributed by atoms with Gasteiger partial charge in [0.25, 0.3) is 0 Å². The third-order valence-corrected chi connectivity index (χ3v) is 2.96. The molecule has 1 aromatic carbocycles. The molecule has 0 amide bonds. The molecule has 2 atom stereocenters. The molecule has 0 aromatic heterocycles. The smallest absolute Gasteiger partial charge is 0.129 e. The Hall–Kier alpha value is -1.02. The van der Waals surface area contributed by atoms with Gasteiger partial charge in [0, 0.05) is 5.56 Å². The molecular formula is C13H18O2. The third-order valence-electron chi connectivity index (χ3n) is 2.96. The van der Waals surface area contributed by atoms with Gasteiger partial charge in [0.15, 0.2) is 0 Å². The Morgan fingerprint density at radius 2 is 2.20 bits per heavy atom. The van der Waals surface area contributed by atoms with Crippen LogP contribution in [0.3, 0.4) is 0 Å². The predicted octanol–water partition coefficient (Wildman–Crippen LogP) is 2.98. The molecule has 0 fully saturated rings. The van der Waals surface area contributed by atoms with Crippen molar-refractivity contribution in [1.82, 2.24) is 0 Å². The van der Waals surface area contributed by atoms with Gasteiger partial charge in [-0.2, -0.15) is 0 Å². The number of aliphatic hydroxyl groups is 1. The summed E-state index contributed by atoms with van der Waals surface area (Å²) < 4.78 is 5.73. The molecule has 1 heterocycles. The molecule has 82 valence electrons. The summed E-state index contributed by atoms with van der Waals surface area (Å²) in [6.07, 6.45) is 2.70. The van der Waals surface area contributed by atoms with Crippen molar-refractivity contribution in [2.45, 2.75) is 45.3 Å². The van der Waals surface area contributed by atoms with Crippen LogP contribution < -0.4 is 4.74 Å². The van der Waals surface area contributed by atoms with Crippen LogP contribution in [0, 0.1) is 6.92 Å². The number of fused-ring (bicyclic) bond motifs is 1. The summed E-state index contributed by atoms with van der Waals surface area (Å²) in [4.78, 5) is 0. The second-order valence-electron chi connectivity index (χ2n) is 4.28. The quantitative estimate of drug-likeness (QED) is 0.823. The van der Waals surface area contributed by atoms with Crippen molar-refractivity contribution in [2.24, 2.45) is 0 Å². The summed E-state index contributed by atoms with van der Waals surface area (Å²) in [5.41, 5.74) is 2.13. The fraction of sp³-hybridized carbons (Fsp3) is 0.538. The summed E-state index contributed by atoms with van der Waals surface area (Å²) in [6.45, 7) is 4.19. The molecule has 1 N–H and O–H groups in total. The molecule has 2 heteroatoms. The first-order chi connectivity index (χ1) is 7.22. The molecule has 0 spiro atoms. The summed E-state index contributed by atoms with van der Waals surface area (Å²) >= 11 is 0. The molecule has 2 unspecified atom stereocenters. The van der Waals surface area contributed by atoms with E-state index in [1.165, 1.54) is 5.56 Å². The number of ether oxygens (including phenoxy) is 1. The van der Waals surface area contributed by atoms with Crippen LogP contribution in [0.4, 0.5) is 0 Å². The van der Waals surface area contributed by atoms with E-state index in [1.54, 1.807) is 0 Å². The fourth-order valence-corrected chi connectivity index (χ4v) is 2.06. The minimum atomic E-state index is -0.438. The van der Waals surface area contributed by atoms with Gasteiger partial charge in [-0.15, -0.1) is 0 Å². The van der Waals surface area contributed by atoms with Crippen molar-refractivity contribution in [1.29, 1.82) is 0 Å². The summed E-state index contributed by atoms with van der Waals surface area (Å²) in [5.74, 6) is 0.856. The van der Waals surface area contributed by atoms with E-state index in [1.807, 2.05) is 25.1 Å². The van der Waals surface area contributed by atoms with Crippen molar-refractivity contribution in [3.63, 3.8) is 0 Å². The van der Waals surface area contributed by atoms with E-state index in [2.05, 4.69) is 6.92 Å². The standard InChI is InChI=1S/C13H18O2/c1-3-4-5-12-13(14)10-8-9(2)6-7-11(10)15-12/h6-8,12-14H,3-5H2,1-2H3. The highest BCUT2D eigenvalue weighted by Gasteiger charge is 2.31. The Morgan fingerprint density at radius 3 is 2.93 bits per heavy atom. The van der Waals surface area contributed by atoms with Gasteiger partial charge in [0.05, 0.1) is 0 Å². The Morgan fingerprint density at radius 1 is 1.40 bits per heavy atom. The monoisotopic (exact) mass is 206 g/mol. The van der Waals surface area contributed by atoms with E-state index in [0.717, 1.165) is 30.6 Å². The number of aryl methyl sites for hydroxylation is 1. The van der Waals surface area contributed by atoms with Gasteiger partial charge in [0.1, 0.15) is 18.0 Å². The maximum atomic E-state index is 10.1. The van der Waals surface area contributed by atoms with Gasteiger partial charge in [-0.3, -0.25) is 0 Å². The molecule has 15 heavy (non-hydrogen) atoms. The van der Waals surface area contributed by atoms with E-state index in [-0.39, 0.29) is 6.10 Å². The lowest BCUT2D eigenvalue weighted by Gasteiger charge is -2.13.